The molecule has 1 aliphatic rings. The van der Waals surface area contributed by atoms with Gasteiger partial charge in [-0.05, 0) is 24.6 Å². The third kappa shape index (κ3) is 4.13. The summed E-state index contributed by atoms with van der Waals surface area (Å²) in [5.74, 6) is 0. The van der Waals surface area contributed by atoms with Crippen molar-refractivity contribution < 1.29 is 0 Å². The summed E-state index contributed by atoms with van der Waals surface area (Å²) in [5, 5.41) is 11.4. The number of hydrogen-bond donors (Lipinski definition) is 1. The predicted molar refractivity (Wildman–Crippen MR) is 96.9 cm³/mol. The Morgan fingerprint density at radius 3 is 2.58 bits per heavy atom. The normalized spacial score (nSPS) is 15.8. The highest BCUT2D eigenvalue weighted by Crippen LogP contribution is 2.22. The molecule has 130 valence electrons. The summed E-state index contributed by atoms with van der Waals surface area (Å²) < 4.78 is 1.81. The van der Waals surface area contributed by atoms with E-state index >= 15 is 0 Å². The first kappa shape index (κ1) is 16.9. The van der Waals surface area contributed by atoms with Gasteiger partial charge in [-0.3, -0.25) is 9.58 Å². The highest BCUT2D eigenvalue weighted by molar-refractivity contribution is 5.54. The monoisotopic (exact) mass is 328 g/mol. The molecule has 0 saturated carbocycles. The molecule has 2 heterocycles. The summed E-state index contributed by atoms with van der Waals surface area (Å²) in [6.07, 6.45) is 3.05. The van der Waals surface area contributed by atoms with E-state index in [0.717, 1.165) is 45.0 Å². The van der Waals surface area contributed by atoms with Crippen molar-refractivity contribution in [1.29, 1.82) is 0 Å². The molecule has 6 nitrogen and oxygen atoms in total. The summed E-state index contributed by atoms with van der Waals surface area (Å²) in [7, 11) is 1.92. The van der Waals surface area contributed by atoms with E-state index < -0.39 is 0 Å². The molecule has 0 unspecified atom stereocenters. The molecular formula is C18H28N6. The molecule has 1 aromatic carbocycles. The predicted octanol–water partition coefficient (Wildman–Crippen LogP) is 1.64. The lowest BCUT2D eigenvalue weighted by Crippen LogP contribution is -2.46. The number of nitrogens with zero attached hydrogens (tertiary/aromatic N) is 5. The third-order valence-corrected chi connectivity index (χ3v) is 4.67. The number of benzene rings is 1. The molecule has 1 fully saturated rings. The zero-order chi connectivity index (χ0) is 16.8. The van der Waals surface area contributed by atoms with Crippen molar-refractivity contribution in [3.05, 3.63) is 41.7 Å². The van der Waals surface area contributed by atoms with Crippen molar-refractivity contribution in [2.45, 2.75) is 26.4 Å². The number of rotatable bonds is 7. The lowest BCUT2D eigenvalue weighted by Gasteiger charge is -2.37. The van der Waals surface area contributed by atoms with Gasteiger partial charge in [-0.2, -0.15) is 0 Å². The molecule has 1 N–H and O–H groups in total. The molecule has 0 spiro atoms. The number of piperazine rings is 1. The Labute approximate surface area is 144 Å². The molecule has 6 heteroatoms. The Balaban J connectivity index is 1.58. The fourth-order valence-electron chi connectivity index (χ4n) is 3.29. The molecule has 1 aliphatic heterocycles. The van der Waals surface area contributed by atoms with Gasteiger partial charge < -0.3 is 10.2 Å². The third-order valence-electron chi connectivity index (χ3n) is 4.67. The SMILES string of the molecule is CCCN1CCN(c2ccccc2CNCc2cnnn2C)CC1. The number of aryl methyl sites for hydroxylation is 1. The van der Waals surface area contributed by atoms with Crippen LogP contribution in [0, 0.1) is 0 Å². The van der Waals surface area contributed by atoms with Crippen LogP contribution in [0.1, 0.15) is 24.6 Å². The molecule has 2 aromatic rings. The maximum atomic E-state index is 3.97. The van der Waals surface area contributed by atoms with Gasteiger partial charge in [0.1, 0.15) is 0 Å². The van der Waals surface area contributed by atoms with E-state index in [1.807, 2.05) is 17.9 Å². The van der Waals surface area contributed by atoms with Gasteiger partial charge in [-0.15, -0.1) is 5.10 Å². The van der Waals surface area contributed by atoms with Crippen molar-refractivity contribution in [2.75, 3.05) is 37.6 Å². The van der Waals surface area contributed by atoms with E-state index in [2.05, 4.69) is 56.6 Å². The second-order valence-corrected chi connectivity index (χ2v) is 6.41. The smallest absolute Gasteiger partial charge is 0.0738 e. The minimum Gasteiger partial charge on any atom is -0.369 e. The quantitative estimate of drug-likeness (QED) is 0.837. The van der Waals surface area contributed by atoms with E-state index in [-0.39, 0.29) is 0 Å². The number of anilines is 1. The van der Waals surface area contributed by atoms with Gasteiger partial charge >= 0.3 is 0 Å². The Bertz CT molecular complexity index is 630. The van der Waals surface area contributed by atoms with Gasteiger partial charge in [0.2, 0.25) is 0 Å². The largest absolute Gasteiger partial charge is 0.369 e. The number of nitrogens with one attached hydrogen (secondary N) is 1. The van der Waals surface area contributed by atoms with Gasteiger partial charge in [0.25, 0.3) is 0 Å². The van der Waals surface area contributed by atoms with Gasteiger partial charge in [0, 0.05) is 52.0 Å². The van der Waals surface area contributed by atoms with Crippen LogP contribution in [-0.4, -0.2) is 52.6 Å². The van der Waals surface area contributed by atoms with Crippen LogP contribution in [0.3, 0.4) is 0 Å². The fourth-order valence-corrected chi connectivity index (χ4v) is 3.29. The molecule has 1 saturated heterocycles. The van der Waals surface area contributed by atoms with Gasteiger partial charge in [0.05, 0.1) is 11.9 Å². The van der Waals surface area contributed by atoms with Crippen molar-refractivity contribution in [1.82, 2.24) is 25.2 Å². The zero-order valence-corrected chi connectivity index (χ0v) is 14.8. The second-order valence-electron chi connectivity index (χ2n) is 6.41. The van der Waals surface area contributed by atoms with Gasteiger partial charge in [-0.1, -0.05) is 30.3 Å². The Hall–Kier alpha value is -1.92. The summed E-state index contributed by atoms with van der Waals surface area (Å²) in [4.78, 5) is 5.08. The van der Waals surface area contributed by atoms with Crippen molar-refractivity contribution >= 4 is 5.69 Å². The number of hydrogen-bond acceptors (Lipinski definition) is 5. The maximum absolute atomic E-state index is 3.97. The average Bonchev–Trinajstić information content (AvgIpc) is 3.02. The van der Waals surface area contributed by atoms with Crippen molar-refractivity contribution in [3.63, 3.8) is 0 Å². The van der Waals surface area contributed by atoms with E-state index in [4.69, 9.17) is 0 Å². The lowest BCUT2D eigenvalue weighted by molar-refractivity contribution is 0.258. The fraction of sp³-hybridized carbons (Fsp3) is 0.556. The maximum Gasteiger partial charge on any atom is 0.0738 e. The summed E-state index contributed by atoms with van der Waals surface area (Å²) in [6, 6.07) is 8.74. The highest BCUT2D eigenvalue weighted by Gasteiger charge is 2.18. The molecule has 0 radical (unpaired) electrons. The minimum atomic E-state index is 0.780. The molecular weight excluding hydrogens is 300 g/mol. The molecule has 0 atom stereocenters. The Morgan fingerprint density at radius 2 is 1.88 bits per heavy atom. The lowest BCUT2D eigenvalue weighted by atomic mass is 10.1. The van der Waals surface area contributed by atoms with Crippen LogP contribution in [0.25, 0.3) is 0 Å². The topological polar surface area (TPSA) is 49.2 Å². The van der Waals surface area contributed by atoms with Crippen LogP contribution in [0.2, 0.25) is 0 Å². The average molecular weight is 328 g/mol. The Kier molecular flexibility index (Phi) is 5.82. The molecule has 0 amide bonds. The molecule has 24 heavy (non-hydrogen) atoms. The van der Waals surface area contributed by atoms with E-state index in [0.29, 0.717) is 0 Å². The molecule has 0 aliphatic carbocycles. The van der Waals surface area contributed by atoms with Crippen LogP contribution in [0.5, 0.6) is 0 Å². The zero-order valence-electron chi connectivity index (χ0n) is 14.8. The second kappa shape index (κ2) is 8.26. The van der Waals surface area contributed by atoms with Crippen LogP contribution in [0.15, 0.2) is 30.5 Å². The van der Waals surface area contributed by atoms with E-state index in [9.17, 15) is 0 Å². The van der Waals surface area contributed by atoms with Crippen LogP contribution in [-0.2, 0) is 20.1 Å². The highest BCUT2D eigenvalue weighted by atomic mass is 15.4. The number of aromatic nitrogens is 3. The van der Waals surface area contributed by atoms with Crippen molar-refractivity contribution in [3.8, 4) is 0 Å². The molecule has 1 aromatic heterocycles. The summed E-state index contributed by atoms with van der Waals surface area (Å²) in [6.45, 7) is 9.66. The molecule has 3 rings (SSSR count). The van der Waals surface area contributed by atoms with E-state index in [1.165, 1.54) is 24.2 Å². The summed E-state index contributed by atoms with van der Waals surface area (Å²) in [5.41, 5.74) is 3.82. The first-order valence-electron chi connectivity index (χ1n) is 8.87. The van der Waals surface area contributed by atoms with Crippen LogP contribution >= 0.6 is 0 Å². The van der Waals surface area contributed by atoms with Gasteiger partial charge in [-0.25, -0.2) is 0 Å². The minimum absolute atomic E-state index is 0.780. The molecule has 0 bridgehead atoms. The first-order chi connectivity index (χ1) is 11.8. The van der Waals surface area contributed by atoms with Crippen LogP contribution in [0.4, 0.5) is 5.69 Å². The van der Waals surface area contributed by atoms with E-state index in [1.54, 1.807) is 0 Å². The standard InChI is InChI=1S/C18H28N6/c1-3-8-23-9-11-24(12-10-23)18-7-5-4-6-16(18)13-19-14-17-15-20-21-22(17)2/h4-7,15,19H,3,8-14H2,1-2H3. The van der Waals surface area contributed by atoms with Gasteiger partial charge in [0.15, 0.2) is 0 Å². The van der Waals surface area contributed by atoms with Crippen molar-refractivity contribution in [2.24, 2.45) is 7.05 Å². The Morgan fingerprint density at radius 1 is 1.08 bits per heavy atom. The summed E-state index contributed by atoms with van der Waals surface area (Å²) >= 11 is 0. The van der Waals surface area contributed by atoms with Crippen LogP contribution < -0.4 is 10.2 Å². The number of para-hydroxylation sites is 1. The first-order valence-corrected chi connectivity index (χ1v) is 8.87.